The summed E-state index contributed by atoms with van der Waals surface area (Å²) >= 11 is 1.86. The fraction of sp³-hybridized carbons (Fsp3) is 0.476. The summed E-state index contributed by atoms with van der Waals surface area (Å²) in [5, 5.41) is 5.14. The van der Waals surface area contributed by atoms with Gasteiger partial charge in [0.05, 0.1) is 17.6 Å². The molecule has 0 aromatic carbocycles. The number of piperazine rings is 1. The normalized spacial score (nSPS) is 17.1. The van der Waals surface area contributed by atoms with Crippen LogP contribution < -0.4 is 16.0 Å². The molecule has 0 unspecified atom stereocenters. The summed E-state index contributed by atoms with van der Waals surface area (Å²) in [5.74, 6) is 2.61. The van der Waals surface area contributed by atoms with Crippen molar-refractivity contribution in [1.29, 1.82) is 0 Å². The third kappa shape index (κ3) is 3.97. The Morgan fingerprint density at radius 1 is 1.13 bits per heavy atom. The summed E-state index contributed by atoms with van der Waals surface area (Å²) in [6.45, 7) is 4.58. The molecular weight excluding hydrogens is 414 g/mol. The molecule has 3 aromatic heterocycles. The molecule has 1 fully saturated rings. The number of rotatable bonds is 4. The lowest BCUT2D eigenvalue weighted by Gasteiger charge is -2.35. The van der Waals surface area contributed by atoms with Gasteiger partial charge < -0.3 is 4.90 Å². The van der Waals surface area contributed by atoms with E-state index in [-0.39, 0.29) is 11.1 Å². The van der Waals surface area contributed by atoms with Gasteiger partial charge in [-0.1, -0.05) is 0 Å². The third-order valence-electron chi connectivity index (χ3n) is 6.02. The van der Waals surface area contributed by atoms with Gasteiger partial charge in [0.2, 0.25) is 5.95 Å². The molecule has 0 N–H and O–H groups in total. The lowest BCUT2D eigenvalue weighted by atomic mass is 10.2. The van der Waals surface area contributed by atoms with Gasteiger partial charge >= 0.3 is 0 Å². The topological polar surface area (TPSA) is 89.2 Å². The molecule has 9 nitrogen and oxygen atoms in total. The molecule has 0 radical (unpaired) electrons. The van der Waals surface area contributed by atoms with E-state index in [2.05, 4.69) is 24.9 Å². The predicted molar refractivity (Wildman–Crippen MR) is 122 cm³/mol. The number of anilines is 1. The molecule has 1 saturated heterocycles. The highest BCUT2D eigenvalue weighted by molar-refractivity contribution is 7.98. The van der Waals surface area contributed by atoms with E-state index in [1.807, 2.05) is 11.8 Å². The average Bonchev–Trinajstić information content (AvgIpc) is 2.80. The molecule has 31 heavy (non-hydrogen) atoms. The van der Waals surface area contributed by atoms with Gasteiger partial charge in [0.15, 0.2) is 5.65 Å². The number of nitrogens with zero attached hydrogens (tertiary/aromatic N) is 7. The summed E-state index contributed by atoms with van der Waals surface area (Å²) in [6, 6.07) is 5.27. The van der Waals surface area contributed by atoms with Gasteiger partial charge in [-0.05, 0) is 23.4 Å². The van der Waals surface area contributed by atoms with E-state index in [1.54, 1.807) is 40.7 Å². The molecule has 0 atom stereocenters. The van der Waals surface area contributed by atoms with Crippen LogP contribution in [0.1, 0.15) is 11.3 Å². The molecule has 2 aliphatic heterocycles. The minimum atomic E-state index is -0.0770. The molecule has 2 aliphatic rings. The first-order valence-corrected chi connectivity index (χ1v) is 11.7. The Bertz CT molecular complexity index is 1230. The van der Waals surface area contributed by atoms with Gasteiger partial charge in [0.25, 0.3) is 11.1 Å². The second kappa shape index (κ2) is 8.43. The van der Waals surface area contributed by atoms with Crippen molar-refractivity contribution in [2.75, 3.05) is 43.4 Å². The van der Waals surface area contributed by atoms with Crippen LogP contribution in [-0.2, 0) is 25.8 Å². The summed E-state index contributed by atoms with van der Waals surface area (Å²) in [4.78, 5) is 38.4. The van der Waals surface area contributed by atoms with Crippen LogP contribution in [0.4, 0.5) is 5.95 Å². The SMILES string of the molecule is Cn1c(N2CCN(CCn3nc4c(cc3=O)CSCC4)CC2)nc2ncccc2c1=O. The fourth-order valence-electron chi connectivity index (χ4n) is 4.20. The third-order valence-corrected chi connectivity index (χ3v) is 7.02. The van der Waals surface area contributed by atoms with E-state index < -0.39 is 0 Å². The molecule has 5 rings (SSSR count). The molecule has 0 bridgehead atoms. The van der Waals surface area contributed by atoms with E-state index in [0.717, 1.165) is 61.9 Å². The van der Waals surface area contributed by atoms with Crippen LogP contribution in [0.5, 0.6) is 0 Å². The number of hydrogen-bond donors (Lipinski definition) is 0. The van der Waals surface area contributed by atoms with Crippen molar-refractivity contribution >= 4 is 28.7 Å². The van der Waals surface area contributed by atoms with Crippen molar-refractivity contribution in [3.05, 3.63) is 56.4 Å². The first-order valence-electron chi connectivity index (χ1n) is 10.6. The quantitative estimate of drug-likeness (QED) is 0.581. The van der Waals surface area contributed by atoms with Crippen LogP contribution in [0, 0.1) is 0 Å². The van der Waals surface area contributed by atoms with E-state index in [4.69, 9.17) is 0 Å². The minimum Gasteiger partial charge on any atom is -0.340 e. The molecule has 0 saturated carbocycles. The van der Waals surface area contributed by atoms with Gasteiger partial charge in [0.1, 0.15) is 0 Å². The molecule has 10 heteroatoms. The number of hydrogen-bond acceptors (Lipinski definition) is 8. The molecular formula is C21H25N7O2S. The largest absolute Gasteiger partial charge is 0.340 e. The van der Waals surface area contributed by atoms with Crippen molar-refractivity contribution in [2.45, 2.75) is 18.7 Å². The Hall–Kier alpha value is -2.72. The maximum Gasteiger partial charge on any atom is 0.267 e. The predicted octanol–water partition coefficient (Wildman–Crippen LogP) is 0.497. The number of aryl methyl sites for hydroxylation is 1. The van der Waals surface area contributed by atoms with Crippen molar-refractivity contribution in [2.24, 2.45) is 7.05 Å². The minimum absolute atomic E-state index is 0.0113. The van der Waals surface area contributed by atoms with Gasteiger partial charge in [-0.15, -0.1) is 0 Å². The van der Waals surface area contributed by atoms with Gasteiger partial charge in [-0.3, -0.25) is 19.1 Å². The van der Waals surface area contributed by atoms with Crippen LogP contribution in [-0.4, -0.2) is 67.7 Å². The Morgan fingerprint density at radius 3 is 2.81 bits per heavy atom. The monoisotopic (exact) mass is 439 g/mol. The van der Waals surface area contributed by atoms with E-state index >= 15 is 0 Å². The van der Waals surface area contributed by atoms with Crippen molar-refractivity contribution in [3.63, 3.8) is 0 Å². The number of fused-ring (bicyclic) bond motifs is 2. The van der Waals surface area contributed by atoms with Crippen molar-refractivity contribution in [3.8, 4) is 0 Å². The number of aromatic nitrogens is 5. The van der Waals surface area contributed by atoms with Crippen molar-refractivity contribution < 1.29 is 0 Å². The lowest BCUT2D eigenvalue weighted by molar-refractivity contribution is 0.241. The molecule has 5 heterocycles. The zero-order chi connectivity index (χ0) is 21.4. The highest BCUT2D eigenvalue weighted by Gasteiger charge is 2.22. The highest BCUT2D eigenvalue weighted by atomic mass is 32.2. The Morgan fingerprint density at radius 2 is 1.97 bits per heavy atom. The number of pyridine rings is 1. The molecule has 0 aliphatic carbocycles. The van der Waals surface area contributed by atoms with Crippen LogP contribution in [0.3, 0.4) is 0 Å². The maximum absolute atomic E-state index is 12.7. The smallest absolute Gasteiger partial charge is 0.267 e. The summed E-state index contributed by atoms with van der Waals surface area (Å²) < 4.78 is 3.22. The van der Waals surface area contributed by atoms with Crippen LogP contribution in [0.25, 0.3) is 11.0 Å². The molecule has 162 valence electrons. The Balaban J connectivity index is 1.24. The van der Waals surface area contributed by atoms with Crippen LogP contribution in [0.15, 0.2) is 34.0 Å². The van der Waals surface area contributed by atoms with Gasteiger partial charge in [-0.2, -0.15) is 21.8 Å². The van der Waals surface area contributed by atoms with Gasteiger partial charge in [-0.25, -0.2) is 9.67 Å². The standard InChI is InChI=1S/C21H25N7O2S/c1-25-20(30)16-3-2-5-22-19(16)23-21(25)27-9-6-26(7-10-27)8-11-28-18(29)13-15-14-31-12-4-17(15)24-28/h2-3,5,13H,4,6-12,14H2,1H3. The lowest BCUT2D eigenvalue weighted by Crippen LogP contribution is -2.49. The van der Waals surface area contributed by atoms with Crippen molar-refractivity contribution in [1.82, 2.24) is 29.2 Å². The van der Waals surface area contributed by atoms with E-state index in [9.17, 15) is 9.59 Å². The zero-order valence-electron chi connectivity index (χ0n) is 17.5. The number of thioether (sulfide) groups is 1. The first kappa shape index (κ1) is 20.2. The zero-order valence-corrected chi connectivity index (χ0v) is 18.3. The molecule has 3 aromatic rings. The van der Waals surface area contributed by atoms with E-state index in [1.165, 1.54) is 0 Å². The second-order valence-electron chi connectivity index (χ2n) is 7.96. The molecule has 0 spiro atoms. The summed E-state index contributed by atoms with van der Waals surface area (Å²) in [7, 11) is 1.76. The van der Waals surface area contributed by atoms with Gasteiger partial charge in [0, 0.05) is 64.2 Å². The Kier molecular flexibility index (Phi) is 5.49. The van der Waals surface area contributed by atoms with Crippen LogP contribution in [0.2, 0.25) is 0 Å². The maximum atomic E-state index is 12.7. The average molecular weight is 440 g/mol. The first-order chi connectivity index (χ1) is 15.1. The van der Waals surface area contributed by atoms with Crippen LogP contribution >= 0.6 is 11.8 Å². The molecule has 0 amide bonds. The summed E-state index contributed by atoms with van der Waals surface area (Å²) in [5.41, 5.74) is 2.56. The highest BCUT2D eigenvalue weighted by Crippen LogP contribution is 2.21. The fourth-order valence-corrected chi connectivity index (χ4v) is 5.15. The Labute approximate surface area is 183 Å². The summed E-state index contributed by atoms with van der Waals surface area (Å²) in [6.07, 6.45) is 2.59. The van der Waals surface area contributed by atoms with E-state index in [0.29, 0.717) is 23.5 Å². The second-order valence-corrected chi connectivity index (χ2v) is 9.06.